The molecule has 0 saturated carbocycles. The Bertz CT molecular complexity index is 2310. The van der Waals surface area contributed by atoms with E-state index in [0.29, 0.717) is 0 Å². The molecule has 236 valence electrons. The number of aromatic nitrogens is 4. The fourth-order valence-corrected chi connectivity index (χ4v) is 5.32. The van der Waals surface area contributed by atoms with Crippen molar-refractivity contribution < 1.29 is 32.3 Å². The molecule has 4 aromatic heterocycles. The number of aromatic amines is 1. The molecular formula is C33H28F2N4O7. The van der Waals surface area contributed by atoms with Crippen molar-refractivity contribution in [3.8, 4) is 11.1 Å². The second-order valence-corrected chi connectivity index (χ2v) is 11.7. The number of carbonyl (C=O) groups is 2. The van der Waals surface area contributed by atoms with Crippen molar-refractivity contribution in [2.75, 3.05) is 6.61 Å². The Kier molecular flexibility index (Phi) is 7.54. The monoisotopic (exact) mass is 630 g/mol. The van der Waals surface area contributed by atoms with Crippen LogP contribution in [0.5, 0.6) is 0 Å². The van der Waals surface area contributed by atoms with E-state index in [1.165, 1.54) is 41.3 Å². The number of nitrogens with one attached hydrogen (secondary N) is 1. The zero-order valence-electron chi connectivity index (χ0n) is 25.3. The summed E-state index contributed by atoms with van der Waals surface area (Å²) in [5.41, 5.74) is -1.69. The number of furan rings is 1. The molecule has 0 amide bonds. The molecule has 1 N–H and O–H groups in total. The van der Waals surface area contributed by atoms with E-state index in [-0.39, 0.29) is 68.3 Å². The highest BCUT2D eigenvalue weighted by molar-refractivity contribution is 6.17. The van der Waals surface area contributed by atoms with Crippen LogP contribution in [0, 0.1) is 17.0 Å². The second kappa shape index (κ2) is 11.4. The molecule has 46 heavy (non-hydrogen) atoms. The summed E-state index contributed by atoms with van der Waals surface area (Å²) in [6.45, 7) is 5.80. The van der Waals surface area contributed by atoms with Gasteiger partial charge in [0.05, 0.1) is 57.6 Å². The quantitative estimate of drug-likeness (QED) is 0.228. The van der Waals surface area contributed by atoms with Crippen LogP contribution >= 0.6 is 0 Å². The van der Waals surface area contributed by atoms with Crippen molar-refractivity contribution >= 4 is 44.7 Å². The van der Waals surface area contributed by atoms with Gasteiger partial charge in [-0.1, -0.05) is 0 Å². The van der Waals surface area contributed by atoms with Crippen molar-refractivity contribution in [2.45, 2.75) is 41.0 Å². The molecule has 4 heterocycles. The number of hydrogen-bond acceptors (Lipinski definition) is 8. The molecule has 0 fully saturated rings. The fourth-order valence-electron chi connectivity index (χ4n) is 5.32. The molecule has 0 unspecified atom stereocenters. The highest BCUT2D eigenvalue weighted by Crippen LogP contribution is 2.40. The number of nitrogens with zero attached hydrogens (tertiary/aromatic N) is 3. The zero-order chi connectivity index (χ0) is 32.9. The molecule has 0 aliphatic carbocycles. The molecule has 0 spiro atoms. The Hall–Kier alpha value is -5.59. The first-order valence-corrected chi connectivity index (χ1v) is 14.3. The van der Waals surface area contributed by atoms with Crippen LogP contribution in [0.25, 0.3) is 43.9 Å². The van der Waals surface area contributed by atoms with Crippen molar-refractivity contribution in [3.63, 3.8) is 0 Å². The number of benzene rings is 2. The van der Waals surface area contributed by atoms with E-state index in [2.05, 4.69) is 9.97 Å². The van der Waals surface area contributed by atoms with Crippen LogP contribution in [-0.4, -0.2) is 37.6 Å². The average Bonchev–Trinajstić information content (AvgIpc) is 3.61. The van der Waals surface area contributed by atoms with Gasteiger partial charge < -0.3 is 23.4 Å². The summed E-state index contributed by atoms with van der Waals surface area (Å²) in [4.78, 5) is 59.1. The molecule has 0 bridgehead atoms. The minimum Gasteiger partial charge on any atom is -0.463 e. The number of esters is 2. The maximum Gasteiger partial charge on any atom is 0.355 e. The van der Waals surface area contributed by atoms with Crippen LogP contribution in [0.2, 0.25) is 0 Å². The van der Waals surface area contributed by atoms with Gasteiger partial charge in [-0.05, 0) is 58.0 Å². The average molecular weight is 631 g/mol. The Morgan fingerprint density at radius 3 is 2.54 bits per heavy atom. The van der Waals surface area contributed by atoms with Crippen LogP contribution in [0.1, 0.15) is 43.7 Å². The van der Waals surface area contributed by atoms with Crippen molar-refractivity contribution in [1.82, 2.24) is 19.1 Å². The predicted molar refractivity (Wildman–Crippen MR) is 164 cm³/mol. The molecule has 0 atom stereocenters. The van der Waals surface area contributed by atoms with Crippen LogP contribution in [-0.2, 0) is 27.5 Å². The van der Waals surface area contributed by atoms with Crippen LogP contribution < -0.4 is 11.1 Å². The van der Waals surface area contributed by atoms with E-state index in [0.717, 1.165) is 17.0 Å². The minimum absolute atomic E-state index is 0.0131. The summed E-state index contributed by atoms with van der Waals surface area (Å²) >= 11 is 0. The van der Waals surface area contributed by atoms with Crippen molar-refractivity contribution in [3.05, 3.63) is 98.8 Å². The highest BCUT2D eigenvalue weighted by atomic mass is 19.1. The summed E-state index contributed by atoms with van der Waals surface area (Å²) in [5, 5.41) is 0.371. The van der Waals surface area contributed by atoms with E-state index in [1.807, 2.05) is 0 Å². The Morgan fingerprint density at radius 2 is 1.83 bits per heavy atom. The van der Waals surface area contributed by atoms with Crippen LogP contribution in [0.15, 0.2) is 69.2 Å². The largest absolute Gasteiger partial charge is 0.463 e. The number of rotatable bonds is 7. The predicted octanol–water partition coefficient (Wildman–Crippen LogP) is 5.50. The number of H-pyrrole nitrogens is 1. The van der Waals surface area contributed by atoms with Crippen molar-refractivity contribution in [2.24, 2.45) is 5.41 Å². The third-order valence-corrected chi connectivity index (χ3v) is 7.54. The van der Waals surface area contributed by atoms with Gasteiger partial charge in [-0.15, -0.1) is 0 Å². The fraction of sp³-hybridized carbons (Fsp3) is 0.242. The maximum atomic E-state index is 15.7. The summed E-state index contributed by atoms with van der Waals surface area (Å²) < 4.78 is 49.8. The van der Waals surface area contributed by atoms with E-state index in [1.54, 1.807) is 33.8 Å². The van der Waals surface area contributed by atoms with Crippen LogP contribution in [0.4, 0.5) is 8.78 Å². The maximum absolute atomic E-state index is 15.7. The lowest BCUT2D eigenvalue weighted by atomic mass is 9.98. The molecule has 0 radical (unpaired) electrons. The first-order valence-electron chi connectivity index (χ1n) is 14.3. The summed E-state index contributed by atoms with van der Waals surface area (Å²) in [5.74, 6) is -2.80. The number of carbonyl (C=O) groups excluding carboxylic acids is 2. The van der Waals surface area contributed by atoms with Crippen molar-refractivity contribution in [1.29, 1.82) is 0 Å². The van der Waals surface area contributed by atoms with Gasteiger partial charge in [0.1, 0.15) is 29.2 Å². The third-order valence-electron chi connectivity index (χ3n) is 7.54. The summed E-state index contributed by atoms with van der Waals surface area (Å²) in [6.07, 6.45) is 3.86. The first kappa shape index (κ1) is 30.4. The standard InChI is InChI=1S/C33H28F2N4O7/c1-5-44-31(42)27-25(19-7-6-9-36-29(19)40)26-24(13-22(35)18-8-10-45-28(18)26)39(27)14-17-11-20-23(12-21(17)34)37-15-38(30(20)41)16-46-32(43)33(2,3)4/h6-13,15H,5,14,16H2,1-4H3,(H,36,40). The first-order chi connectivity index (χ1) is 21.9. The molecule has 0 saturated heterocycles. The molecule has 11 nitrogen and oxygen atoms in total. The lowest BCUT2D eigenvalue weighted by molar-refractivity contribution is -0.157. The van der Waals surface area contributed by atoms with Gasteiger partial charge in [-0.25, -0.2) is 18.6 Å². The lowest BCUT2D eigenvalue weighted by Gasteiger charge is -2.17. The number of pyridine rings is 1. The van der Waals surface area contributed by atoms with Gasteiger partial charge >= 0.3 is 11.9 Å². The summed E-state index contributed by atoms with van der Waals surface area (Å²) in [6, 6.07) is 8.01. The molecule has 0 aliphatic heterocycles. The highest BCUT2D eigenvalue weighted by Gasteiger charge is 2.30. The number of fused-ring (bicyclic) bond motifs is 4. The molecule has 6 rings (SSSR count). The Balaban J connectivity index is 1.58. The molecule has 0 aliphatic rings. The van der Waals surface area contributed by atoms with Gasteiger partial charge in [-0.2, -0.15) is 0 Å². The zero-order valence-corrected chi connectivity index (χ0v) is 25.3. The van der Waals surface area contributed by atoms with E-state index < -0.39 is 46.8 Å². The molecular weight excluding hydrogens is 602 g/mol. The number of hydrogen-bond donors (Lipinski definition) is 1. The van der Waals surface area contributed by atoms with E-state index >= 15 is 8.78 Å². The van der Waals surface area contributed by atoms with Gasteiger partial charge in [0, 0.05) is 23.4 Å². The molecule has 6 aromatic rings. The van der Waals surface area contributed by atoms with Gasteiger partial charge in [-0.3, -0.25) is 19.0 Å². The van der Waals surface area contributed by atoms with E-state index in [4.69, 9.17) is 13.9 Å². The third kappa shape index (κ3) is 5.13. The minimum atomic E-state index is -0.844. The lowest BCUT2D eigenvalue weighted by Crippen LogP contribution is -2.28. The SMILES string of the molecule is CCOC(=O)c1c(-c2ccc[nH]c2=O)c2c3occc3c(F)cc2n1Cc1cc2c(=O)n(COC(=O)C(C)(C)C)cnc2cc1F. The summed E-state index contributed by atoms with van der Waals surface area (Å²) in [7, 11) is 0. The van der Waals surface area contributed by atoms with E-state index in [9.17, 15) is 19.2 Å². The molecule has 13 heteroatoms. The normalized spacial score (nSPS) is 11.9. The Labute approximate surface area is 259 Å². The van der Waals surface area contributed by atoms with Gasteiger partial charge in [0.15, 0.2) is 6.73 Å². The molecule has 2 aromatic carbocycles. The Morgan fingerprint density at radius 1 is 1.04 bits per heavy atom. The topological polar surface area (TPSA) is 138 Å². The van der Waals surface area contributed by atoms with Gasteiger partial charge in [0.25, 0.3) is 11.1 Å². The second-order valence-electron chi connectivity index (χ2n) is 11.7. The smallest absolute Gasteiger partial charge is 0.355 e. The number of halogens is 2. The van der Waals surface area contributed by atoms with Gasteiger partial charge in [0.2, 0.25) is 0 Å². The number of ether oxygens (including phenoxy) is 2. The van der Waals surface area contributed by atoms with Crippen LogP contribution in [0.3, 0.4) is 0 Å².